The van der Waals surface area contributed by atoms with Crippen molar-refractivity contribution >= 4 is 11.6 Å². The number of methoxy groups -OCH3 is 2. The molecule has 1 atom stereocenters. The zero-order valence-corrected chi connectivity index (χ0v) is 11.8. The van der Waals surface area contributed by atoms with Crippen molar-refractivity contribution in [1.82, 2.24) is 5.32 Å². The van der Waals surface area contributed by atoms with Crippen LogP contribution >= 0.6 is 0 Å². The lowest BCUT2D eigenvalue weighted by Gasteiger charge is -2.20. The summed E-state index contributed by atoms with van der Waals surface area (Å²) in [5, 5.41) is 3.00. The van der Waals surface area contributed by atoms with Crippen LogP contribution in [0.2, 0.25) is 0 Å². The Kier molecular flexibility index (Phi) is 4.50. The molecular formula is C15H20N2O3. The molecule has 0 radical (unpaired) electrons. The number of nitrogens with two attached hydrogens (primary N) is 1. The van der Waals surface area contributed by atoms with E-state index in [1.54, 1.807) is 19.2 Å². The average molecular weight is 276 g/mol. The molecule has 0 saturated heterocycles. The number of ether oxygens (including phenoxy) is 2. The molecule has 1 aromatic rings. The molecule has 0 spiro atoms. The maximum atomic E-state index is 12.3. The molecule has 0 saturated carbocycles. The van der Waals surface area contributed by atoms with Crippen LogP contribution in [0, 0.1) is 0 Å². The van der Waals surface area contributed by atoms with Gasteiger partial charge < -0.3 is 20.5 Å². The Hall–Kier alpha value is -2.17. The first kappa shape index (κ1) is 14.2. The van der Waals surface area contributed by atoms with Gasteiger partial charge in [-0.25, -0.2) is 0 Å². The molecule has 2 rings (SSSR count). The van der Waals surface area contributed by atoms with Crippen LogP contribution in [0.15, 0.2) is 24.3 Å². The van der Waals surface area contributed by atoms with E-state index in [1.165, 1.54) is 7.11 Å². The van der Waals surface area contributed by atoms with E-state index < -0.39 is 0 Å². The number of anilines is 1. The van der Waals surface area contributed by atoms with Crippen LogP contribution in [-0.4, -0.2) is 26.2 Å². The highest BCUT2D eigenvalue weighted by molar-refractivity contribution is 6.01. The van der Waals surface area contributed by atoms with Gasteiger partial charge in [-0.2, -0.15) is 0 Å². The number of hydrogen-bond acceptors (Lipinski definition) is 4. The molecule has 1 aliphatic rings. The fourth-order valence-electron chi connectivity index (χ4n) is 2.26. The Morgan fingerprint density at radius 3 is 2.70 bits per heavy atom. The van der Waals surface area contributed by atoms with E-state index >= 15 is 0 Å². The molecule has 0 bridgehead atoms. The number of carbonyl (C=O) groups is 1. The van der Waals surface area contributed by atoms with Gasteiger partial charge >= 0.3 is 0 Å². The van der Waals surface area contributed by atoms with Crippen LogP contribution in [0.25, 0.3) is 0 Å². The summed E-state index contributed by atoms with van der Waals surface area (Å²) < 4.78 is 10.3. The van der Waals surface area contributed by atoms with Crippen LogP contribution < -0.4 is 20.5 Å². The maximum Gasteiger partial charge on any atom is 0.253 e. The van der Waals surface area contributed by atoms with Crippen LogP contribution in [0.3, 0.4) is 0 Å². The highest BCUT2D eigenvalue weighted by atomic mass is 16.5. The predicted molar refractivity (Wildman–Crippen MR) is 78.2 cm³/mol. The number of nitrogen functional groups attached to an aromatic ring is 1. The molecule has 1 amide bonds. The fourth-order valence-corrected chi connectivity index (χ4v) is 2.26. The third-order valence-electron chi connectivity index (χ3n) is 3.42. The molecule has 3 N–H and O–H groups in total. The standard InChI is InChI=1S/C15H20N2O3/c1-19-11-8-12(14(16)13(9-11)20-2)15(18)17-10-6-4-3-5-7-10/h3-4,8-10H,5-7,16H2,1-2H3,(H,17,18). The third-order valence-corrected chi connectivity index (χ3v) is 3.42. The fraction of sp³-hybridized carbons (Fsp3) is 0.400. The second kappa shape index (κ2) is 6.32. The van der Waals surface area contributed by atoms with Gasteiger partial charge in [0, 0.05) is 12.1 Å². The minimum atomic E-state index is -0.194. The van der Waals surface area contributed by atoms with Crippen molar-refractivity contribution < 1.29 is 14.3 Å². The molecule has 108 valence electrons. The van der Waals surface area contributed by atoms with Gasteiger partial charge in [0.15, 0.2) is 0 Å². The third kappa shape index (κ3) is 3.04. The molecule has 0 heterocycles. The summed E-state index contributed by atoms with van der Waals surface area (Å²) in [5.41, 5.74) is 6.68. The van der Waals surface area contributed by atoms with Crippen LogP contribution in [0.4, 0.5) is 5.69 Å². The monoisotopic (exact) mass is 276 g/mol. The molecule has 0 aromatic heterocycles. The summed E-state index contributed by atoms with van der Waals surface area (Å²) in [4.78, 5) is 12.3. The largest absolute Gasteiger partial charge is 0.497 e. The molecule has 5 nitrogen and oxygen atoms in total. The summed E-state index contributed by atoms with van der Waals surface area (Å²) in [6, 6.07) is 3.45. The topological polar surface area (TPSA) is 73.6 Å². The lowest BCUT2D eigenvalue weighted by molar-refractivity contribution is 0.0935. The minimum absolute atomic E-state index is 0.157. The molecule has 1 aliphatic carbocycles. The summed E-state index contributed by atoms with van der Waals surface area (Å²) >= 11 is 0. The lowest BCUT2D eigenvalue weighted by atomic mass is 10.0. The maximum absolute atomic E-state index is 12.3. The molecule has 5 heteroatoms. The van der Waals surface area contributed by atoms with E-state index in [4.69, 9.17) is 15.2 Å². The van der Waals surface area contributed by atoms with E-state index in [-0.39, 0.29) is 11.9 Å². The van der Waals surface area contributed by atoms with E-state index in [0.717, 1.165) is 19.3 Å². The number of allylic oxidation sites excluding steroid dienone is 1. The number of benzene rings is 1. The van der Waals surface area contributed by atoms with E-state index in [1.807, 2.05) is 0 Å². The minimum Gasteiger partial charge on any atom is -0.497 e. The molecule has 1 unspecified atom stereocenters. The Morgan fingerprint density at radius 2 is 2.10 bits per heavy atom. The Labute approximate surface area is 118 Å². The van der Waals surface area contributed by atoms with Gasteiger partial charge in [0.25, 0.3) is 5.91 Å². The van der Waals surface area contributed by atoms with Crippen molar-refractivity contribution in [2.24, 2.45) is 0 Å². The molecular weight excluding hydrogens is 256 g/mol. The second-order valence-corrected chi connectivity index (χ2v) is 4.75. The van der Waals surface area contributed by atoms with Crippen LogP contribution in [-0.2, 0) is 0 Å². The van der Waals surface area contributed by atoms with Gasteiger partial charge in [-0.15, -0.1) is 0 Å². The highest BCUT2D eigenvalue weighted by Gasteiger charge is 2.19. The number of carbonyl (C=O) groups excluding carboxylic acids is 1. The van der Waals surface area contributed by atoms with Crippen molar-refractivity contribution in [2.75, 3.05) is 20.0 Å². The zero-order valence-electron chi connectivity index (χ0n) is 11.8. The first-order valence-electron chi connectivity index (χ1n) is 6.63. The first-order chi connectivity index (χ1) is 9.65. The van der Waals surface area contributed by atoms with Gasteiger partial charge in [-0.1, -0.05) is 12.2 Å². The van der Waals surface area contributed by atoms with Gasteiger partial charge in [0.2, 0.25) is 0 Å². The normalized spacial score (nSPS) is 17.6. The smallest absolute Gasteiger partial charge is 0.253 e. The summed E-state index contributed by atoms with van der Waals surface area (Å²) in [7, 11) is 3.05. The van der Waals surface area contributed by atoms with Gasteiger partial charge in [0.1, 0.15) is 11.5 Å². The number of amides is 1. The van der Waals surface area contributed by atoms with Crippen molar-refractivity contribution in [1.29, 1.82) is 0 Å². The van der Waals surface area contributed by atoms with Gasteiger partial charge in [-0.3, -0.25) is 4.79 Å². The Balaban J connectivity index is 2.21. The van der Waals surface area contributed by atoms with E-state index in [0.29, 0.717) is 22.7 Å². The number of hydrogen-bond donors (Lipinski definition) is 2. The van der Waals surface area contributed by atoms with E-state index in [2.05, 4.69) is 17.5 Å². The van der Waals surface area contributed by atoms with Crippen molar-refractivity contribution in [3.63, 3.8) is 0 Å². The molecule has 0 fully saturated rings. The average Bonchev–Trinajstić information content (AvgIpc) is 2.48. The van der Waals surface area contributed by atoms with Crippen molar-refractivity contribution in [3.05, 3.63) is 29.8 Å². The summed E-state index contributed by atoms with van der Waals surface area (Å²) in [5.74, 6) is 0.794. The van der Waals surface area contributed by atoms with Crippen LogP contribution in [0.5, 0.6) is 11.5 Å². The highest BCUT2D eigenvalue weighted by Crippen LogP contribution is 2.31. The van der Waals surface area contributed by atoms with Crippen molar-refractivity contribution in [2.45, 2.75) is 25.3 Å². The molecule has 0 aliphatic heterocycles. The zero-order chi connectivity index (χ0) is 14.5. The van der Waals surface area contributed by atoms with Gasteiger partial charge in [0.05, 0.1) is 25.5 Å². The SMILES string of the molecule is COc1cc(OC)c(N)c(C(=O)NC2CC=CCC2)c1. The number of nitrogens with one attached hydrogen (secondary N) is 1. The predicted octanol–water partition coefficient (Wildman–Crippen LogP) is 2.12. The molecule has 20 heavy (non-hydrogen) atoms. The quantitative estimate of drug-likeness (QED) is 0.652. The summed E-state index contributed by atoms with van der Waals surface area (Å²) in [6.07, 6.45) is 7.01. The van der Waals surface area contributed by atoms with Crippen LogP contribution in [0.1, 0.15) is 29.6 Å². The first-order valence-corrected chi connectivity index (χ1v) is 6.63. The number of rotatable bonds is 4. The van der Waals surface area contributed by atoms with Crippen molar-refractivity contribution in [3.8, 4) is 11.5 Å². The second-order valence-electron chi connectivity index (χ2n) is 4.75. The lowest BCUT2D eigenvalue weighted by Crippen LogP contribution is -2.35. The molecule has 1 aromatic carbocycles. The summed E-state index contributed by atoms with van der Waals surface area (Å²) in [6.45, 7) is 0. The Bertz CT molecular complexity index is 526. The Morgan fingerprint density at radius 1 is 1.30 bits per heavy atom. The van der Waals surface area contributed by atoms with E-state index in [9.17, 15) is 4.79 Å². The van der Waals surface area contributed by atoms with Gasteiger partial charge in [-0.05, 0) is 25.3 Å².